The maximum atomic E-state index is 11.9. The van der Waals surface area contributed by atoms with Gasteiger partial charge in [0.05, 0.1) is 0 Å². The first-order valence-corrected chi connectivity index (χ1v) is 7.73. The maximum Gasteiger partial charge on any atom is 0.407 e. The number of carboxylic acids is 1. The summed E-state index contributed by atoms with van der Waals surface area (Å²) in [5.74, 6) is -1.09. The third-order valence-electron chi connectivity index (χ3n) is 3.55. The Morgan fingerprint density at radius 2 is 1.87 bits per heavy atom. The van der Waals surface area contributed by atoms with E-state index in [0.29, 0.717) is 5.02 Å². The fourth-order valence-corrected chi connectivity index (χ4v) is 2.24. The predicted octanol–water partition coefficient (Wildman–Crippen LogP) is 3.84. The smallest absolute Gasteiger partial charge is 0.407 e. The van der Waals surface area contributed by atoms with Gasteiger partial charge in [0.2, 0.25) is 0 Å². The first-order valence-electron chi connectivity index (χ1n) is 7.35. The minimum absolute atomic E-state index is 0.107. The van der Waals surface area contributed by atoms with E-state index in [1.807, 2.05) is 32.0 Å². The number of rotatable bonds is 5. The number of ether oxygens (including phenoxy) is 1. The van der Waals surface area contributed by atoms with E-state index in [1.54, 1.807) is 26.8 Å². The highest BCUT2D eigenvalue weighted by atomic mass is 35.5. The van der Waals surface area contributed by atoms with Gasteiger partial charge in [-0.3, -0.25) is 0 Å². The second-order valence-corrected chi connectivity index (χ2v) is 7.69. The second kappa shape index (κ2) is 7.21. The molecule has 0 aromatic heterocycles. The van der Waals surface area contributed by atoms with E-state index in [-0.39, 0.29) is 6.61 Å². The molecule has 0 aliphatic rings. The van der Waals surface area contributed by atoms with Crippen molar-refractivity contribution >= 4 is 23.7 Å². The van der Waals surface area contributed by atoms with Crippen LogP contribution in [0.3, 0.4) is 0 Å². The van der Waals surface area contributed by atoms with Crippen molar-refractivity contribution in [2.45, 2.75) is 46.1 Å². The van der Waals surface area contributed by atoms with Crippen molar-refractivity contribution in [2.24, 2.45) is 5.41 Å². The van der Waals surface area contributed by atoms with Gasteiger partial charge >= 0.3 is 12.1 Å². The van der Waals surface area contributed by atoms with Crippen molar-refractivity contribution in [1.82, 2.24) is 5.32 Å². The van der Waals surface area contributed by atoms with Crippen LogP contribution in [0.4, 0.5) is 4.79 Å². The Bertz CT molecular complexity index is 578. The lowest BCUT2D eigenvalue weighted by atomic mass is 9.85. The Balaban J connectivity index is 2.70. The zero-order valence-electron chi connectivity index (χ0n) is 14.1. The molecule has 0 bridgehead atoms. The molecule has 0 saturated heterocycles. The highest BCUT2D eigenvalue weighted by molar-refractivity contribution is 6.30. The number of carbonyl (C=O) groups is 2. The molecule has 0 aliphatic carbocycles. The lowest BCUT2D eigenvalue weighted by Gasteiger charge is -2.29. The summed E-state index contributed by atoms with van der Waals surface area (Å²) in [6.07, 6.45) is -0.748. The molecule has 1 rings (SSSR count). The number of nitrogens with one attached hydrogen (secondary N) is 1. The van der Waals surface area contributed by atoms with E-state index in [4.69, 9.17) is 16.3 Å². The summed E-state index contributed by atoms with van der Waals surface area (Å²) in [6, 6.07) is 6.30. The topological polar surface area (TPSA) is 75.6 Å². The first kappa shape index (κ1) is 19.3. The predicted molar refractivity (Wildman–Crippen MR) is 89.8 cm³/mol. The molecule has 128 valence electrons. The van der Waals surface area contributed by atoms with E-state index in [2.05, 4.69) is 5.32 Å². The van der Waals surface area contributed by atoms with Crippen LogP contribution in [0.5, 0.6) is 0 Å². The number of carbonyl (C=O) groups excluding carboxylic acids is 1. The molecular weight excluding hydrogens is 318 g/mol. The fraction of sp³-hybridized carbons (Fsp3) is 0.529. The summed E-state index contributed by atoms with van der Waals surface area (Å²) >= 11 is 5.98. The van der Waals surface area contributed by atoms with Gasteiger partial charge in [0, 0.05) is 10.4 Å². The molecule has 1 aromatic rings. The van der Waals surface area contributed by atoms with Crippen molar-refractivity contribution < 1.29 is 19.4 Å². The van der Waals surface area contributed by atoms with Gasteiger partial charge in [-0.2, -0.15) is 0 Å². The molecule has 0 heterocycles. The summed E-state index contributed by atoms with van der Waals surface area (Å²) in [5, 5.41) is 12.2. The summed E-state index contributed by atoms with van der Waals surface area (Å²) < 4.78 is 5.22. The molecule has 0 unspecified atom stereocenters. The van der Waals surface area contributed by atoms with Crippen molar-refractivity contribution in [2.75, 3.05) is 6.61 Å². The van der Waals surface area contributed by atoms with Gasteiger partial charge in [0.15, 0.2) is 0 Å². The van der Waals surface area contributed by atoms with Crippen molar-refractivity contribution in [3.8, 4) is 0 Å². The molecule has 0 saturated carbocycles. The van der Waals surface area contributed by atoms with Crippen LogP contribution in [0.15, 0.2) is 24.3 Å². The molecule has 0 aliphatic heterocycles. The van der Waals surface area contributed by atoms with Gasteiger partial charge in [0.1, 0.15) is 12.6 Å². The van der Waals surface area contributed by atoms with Crippen molar-refractivity contribution in [1.29, 1.82) is 0 Å². The zero-order valence-corrected chi connectivity index (χ0v) is 14.9. The quantitative estimate of drug-likeness (QED) is 0.853. The standard InChI is InChI=1S/C17H24ClNO4/c1-16(2,3)13(14(20)21)19-15(22)23-10-17(4,5)11-7-6-8-12(18)9-11/h6-9,13H,10H2,1-5H3,(H,19,22)(H,20,21)/t13-/m1/s1. The van der Waals surface area contributed by atoms with Gasteiger partial charge in [0.25, 0.3) is 0 Å². The Morgan fingerprint density at radius 3 is 2.35 bits per heavy atom. The zero-order chi connectivity index (χ0) is 17.8. The minimum Gasteiger partial charge on any atom is -0.480 e. The van der Waals surface area contributed by atoms with Gasteiger partial charge in [-0.15, -0.1) is 0 Å². The van der Waals surface area contributed by atoms with E-state index < -0.39 is 28.9 Å². The summed E-state index contributed by atoms with van der Waals surface area (Å²) in [7, 11) is 0. The molecule has 2 N–H and O–H groups in total. The third-order valence-corrected chi connectivity index (χ3v) is 3.78. The fourth-order valence-electron chi connectivity index (χ4n) is 2.05. The summed E-state index contributed by atoms with van der Waals surface area (Å²) in [5.41, 5.74) is -0.126. The van der Waals surface area contributed by atoms with Crippen LogP contribution in [0.2, 0.25) is 5.02 Å². The minimum atomic E-state index is -1.09. The SMILES string of the molecule is CC(C)(COC(=O)N[C@H](C(=O)O)C(C)(C)C)c1cccc(Cl)c1. The Labute approximate surface area is 142 Å². The van der Waals surface area contributed by atoms with Crippen LogP contribution in [-0.2, 0) is 14.9 Å². The molecule has 0 spiro atoms. The van der Waals surface area contributed by atoms with Gasteiger partial charge in [-0.25, -0.2) is 9.59 Å². The number of amides is 1. The number of halogens is 1. The molecule has 0 radical (unpaired) electrons. The maximum absolute atomic E-state index is 11.9. The molecule has 1 atom stereocenters. The summed E-state index contributed by atoms with van der Waals surface area (Å²) in [4.78, 5) is 23.2. The normalized spacial score (nSPS) is 13.3. The molecule has 1 aromatic carbocycles. The molecular formula is C17H24ClNO4. The number of alkyl carbamates (subject to hydrolysis) is 1. The molecule has 23 heavy (non-hydrogen) atoms. The van der Waals surface area contributed by atoms with Crippen LogP contribution >= 0.6 is 11.6 Å². The largest absolute Gasteiger partial charge is 0.480 e. The molecule has 6 heteroatoms. The van der Waals surface area contributed by atoms with Crippen LogP contribution < -0.4 is 5.32 Å². The second-order valence-electron chi connectivity index (χ2n) is 7.25. The van der Waals surface area contributed by atoms with E-state index in [0.717, 1.165) is 5.56 Å². The lowest BCUT2D eigenvalue weighted by Crippen LogP contribution is -2.49. The van der Waals surface area contributed by atoms with Crippen LogP contribution in [0.25, 0.3) is 0 Å². The third kappa shape index (κ3) is 5.75. The monoisotopic (exact) mass is 341 g/mol. The van der Waals surface area contributed by atoms with Crippen molar-refractivity contribution in [3.05, 3.63) is 34.9 Å². The first-order chi connectivity index (χ1) is 10.4. The Kier molecular flexibility index (Phi) is 6.05. The number of hydrogen-bond donors (Lipinski definition) is 2. The molecule has 0 fully saturated rings. The number of benzene rings is 1. The van der Waals surface area contributed by atoms with Crippen LogP contribution in [0.1, 0.15) is 40.2 Å². The Hall–Kier alpha value is -1.75. The van der Waals surface area contributed by atoms with Crippen molar-refractivity contribution in [3.63, 3.8) is 0 Å². The Morgan fingerprint density at radius 1 is 1.26 bits per heavy atom. The number of carboxylic acid groups (broad SMARTS) is 1. The van der Waals surface area contributed by atoms with E-state index in [1.165, 1.54) is 0 Å². The van der Waals surface area contributed by atoms with E-state index in [9.17, 15) is 14.7 Å². The van der Waals surface area contributed by atoms with Gasteiger partial charge in [-0.1, -0.05) is 58.4 Å². The average Bonchev–Trinajstić information content (AvgIpc) is 2.41. The van der Waals surface area contributed by atoms with Gasteiger partial charge in [-0.05, 0) is 23.1 Å². The van der Waals surface area contributed by atoms with E-state index >= 15 is 0 Å². The van der Waals surface area contributed by atoms with Crippen LogP contribution in [-0.4, -0.2) is 29.8 Å². The van der Waals surface area contributed by atoms with Crippen LogP contribution in [0, 0.1) is 5.41 Å². The lowest BCUT2D eigenvalue weighted by molar-refractivity contribution is -0.142. The number of aliphatic carboxylic acids is 1. The average molecular weight is 342 g/mol. The highest BCUT2D eigenvalue weighted by Gasteiger charge is 2.33. The number of hydrogen-bond acceptors (Lipinski definition) is 3. The summed E-state index contributed by atoms with van der Waals surface area (Å²) in [6.45, 7) is 9.16. The molecule has 1 amide bonds. The molecule has 5 nitrogen and oxygen atoms in total. The highest BCUT2D eigenvalue weighted by Crippen LogP contribution is 2.26. The van der Waals surface area contributed by atoms with Gasteiger partial charge < -0.3 is 15.2 Å².